The number of benzene rings is 2. The van der Waals surface area contributed by atoms with Crippen LogP contribution in [-0.2, 0) is 18.9 Å². The predicted octanol–water partition coefficient (Wildman–Crippen LogP) is 4.96. The van der Waals surface area contributed by atoms with Crippen LogP contribution in [0.15, 0.2) is 60.7 Å². The van der Waals surface area contributed by atoms with E-state index in [1.807, 2.05) is 88.4 Å². The van der Waals surface area contributed by atoms with Crippen LogP contribution in [0.4, 0.5) is 0 Å². The van der Waals surface area contributed by atoms with Gasteiger partial charge in [0.2, 0.25) is 0 Å². The van der Waals surface area contributed by atoms with E-state index in [4.69, 9.17) is 23.7 Å². The first-order chi connectivity index (χ1) is 18.1. The van der Waals surface area contributed by atoms with Gasteiger partial charge < -0.3 is 33.5 Å². The van der Waals surface area contributed by atoms with E-state index in [1.165, 1.54) is 0 Å². The predicted molar refractivity (Wildman–Crippen MR) is 150 cm³/mol. The highest BCUT2D eigenvalue weighted by Crippen LogP contribution is 2.19. The molecule has 0 N–H and O–H groups in total. The summed E-state index contributed by atoms with van der Waals surface area (Å²) in [5.41, 5.74) is 0. The highest BCUT2D eigenvalue weighted by Gasteiger charge is 2.29. The van der Waals surface area contributed by atoms with Gasteiger partial charge in [-0.1, -0.05) is 64.1 Å². The lowest BCUT2D eigenvalue weighted by atomic mass is 10.3. The van der Waals surface area contributed by atoms with Crippen molar-refractivity contribution in [2.75, 3.05) is 66.7 Å². The molecule has 0 spiro atoms. The molecule has 0 aliphatic carbocycles. The maximum absolute atomic E-state index is 5.58. The van der Waals surface area contributed by atoms with E-state index in [0.717, 1.165) is 64.1 Å². The molecule has 4 heterocycles. The van der Waals surface area contributed by atoms with Crippen LogP contribution < -0.4 is 4.74 Å². The molecule has 7 heteroatoms. The zero-order valence-electron chi connectivity index (χ0n) is 23.7. The van der Waals surface area contributed by atoms with E-state index in [-0.39, 0.29) is 0 Å². The van der Waals surface area contributed by atoms with Crippen LogP contribution in [0, 0.1) is 0 Å². The first-order valence-corrected chi connectivity index (χ1v) is 13.8. The molecule has 4 atom stereocenters. The van der Waals surface area contributed by atoms with Gasteiger partial charge in [-0.25, -0.2) is 0 Å². The Labute approximate surface area is 224 Å². The normalized spacial score (nSPS) is 23.5. The summed E-state index contributed by atoms with van der Waals surface area (Å²) in [6.45, 7) is 16.1. The summed E-state index contributed by atoms with van der Waals surface area (Å²) in [7, 11) is 4.23. The SMILES string of the molecule is CC.CC.CN(CC1CO1)CC1CO1.CN(CC1CO1)CC1CO1.c1ccc(Oc2ccccc2)cc1. The molecular formula is C30H48N2O5. The standard InChI is InChI=1S/C12H10O.2C7H13NO2.2C2H6/c1-3-7-11(8-4-1)13-12-9-5-2-6-10-12;2*1-8(2-6-4-9-6)3-7-5-10-7;2*1-2/h1-10H;2*6-7H,2-5H2,1H3;2*1-2H3. The molecule has 7 nitrogen and oxygen atoms in total. The van der Waals surface area contributed by atoms with E-state index in [0.29, 0.717) is 24.4 Å². The van der Waals surface area contributed by atoms with Crippen molar-refractivity contribution in [3.63, 3.8) is 0 Å². The fraction of sp³-hybridized carbons (Fsp3) is 0.600. The van der Waals surface area contributed by atoms with E-state index < -0.39 is 0 Å². The summed E-state index contributed by atoms with van der Waals surface area (Å²) in [5, 5.41) is 0. The summed E-state index contributed by atoms with van der Waals surface area (Å²) in [5.74, 6) is 1.74. The van der Waals surface area contributed by atoms with E-state index in [2.05, 4.69) is 23.9 Å². The number of para-hydroxylation sites is 2. The zero-order valence-corrected chi connectivity index (χ0v) is 23.7. The number of ether oxygens (including phenoxy) is 5. The van der Waals surface area contributed by atoms with Gasteiger partial charge in [0.15, 0.2) is 0 Å². The fourth-order valence-corrected chi connectivity index (χ4v) is 3.35. The molecule has 6 rings (SSSR count). The molecule has 0 saturated carbocycles. The number of epoxide rings is 4. The van der Waals surface area contributed by atoms with Gasteiger partial charge in [0.1, 0.15) is 11.5 Å². The molecule has 0 amide bonds. The first-order valence-electron chi connectivity index (χ1n) is 13.8. The smallest absolute Gasteiger partial charge is 0.127 e. The van der Waals surface area contributed by atoms with Crippen molar-refractivity contribution in [3.8, 4) is 11.5 Å². The second kappa shape index (κ2) is 18.3. The van der Waals surface area contributed by atoms with Gasteiger partial charge in [0.25, 0.3) is 0 Å². The Bertz CT molecular complexity index is 699. The van der Waals surface area contributed by atoms with Crippen LogP contribution in [0.2, 0.25) is 0 Å². The number of hydrogen-bond acceptors (Lipinski definition) is 7. The summed E-state index contributed by atoms with van der Waals surface area (Å²) in [6, 6.07) is 19.5. The molecule has 2 aromatic rings. The van der Waals surface area contributed by atoms with Gasteiger partial charge in [0, 0.05) is 26.2 Å². The largest absolute Gasteiger partial charge is 0.457 e. The summed E-state index contributed by atoms with van der Waals surface area (Å²) < 4.78 is 26.0. The monoisotopic (exact) mass is 516 g/mol. The Morgan fingerprint density at radius 1 is 0.541 bits per heavy atom. The van der Waals surface area contributed by atoms with Gasteiger partial charge in [-0.3, -0.25) is 0 Å². The molecule has 2 aromatic carbocycles. The topological polar surface area (TPSA) is 65.8 Å². The lowest BCUT2D eigenvalue weighted by Gasteiger charge is -2.12. The summed E-state index contributed by atoms with van der Waals surface area (Å²) in [6.07, 6.45) is 2.07. The van der Waals surface area contributed by atoms with Gasteiger partial charge in [-0.15, -0.1) is 0 Å². The number of nitrogens with zero attached hydrogens (tertiary/aromatic N) is 2. The highest BCUT2D eigenvalue weighted by molar-refractivity contribution is 5.30. The van der Waals surface area contributed by atoms with Crippen LogP contribution in [0.5, 0.6) is 11.5 Å². The fourth-order valence-electron chi connectivity index (χ4n) is 3.35. The minimum atomic E-state index is 0.517. The average Bonchev–Trinajstić information content (AvgIpc) is 3.71. The number of rotatable bonds is 10. The molecule has 4 fully saturated rings. The molecule has 4 aliphatic rings. The second-order valence-electron chi connectivity index (χ2n) is 8.99. The summed E-state index contributed by atoms with van der Waals surface area (Å²) >= 11 is 0. The van der Waals surface area contributed by atoms with Crippen LogP contribution in [-0.4, -0.2) is 101 Å². The number of hydrogen-bond donors (Lipinski definition) is 0. The van der Waals surface area contributed by atoms with Crippen molar-refractivity contribution in [2.45, 2.75) is 52.1 Å². The molecule has 37 heavy (non-hydrogen) atoms. The van der Waals surface area contributed by atoms with Crippen molar-refractivity contribution >= 4 is 0 Å². The zero-order chi connectivity index (χ0) is 26.9. The Morgan fingerprint density at radius 2 is 0.784 bits per heavy atom. The Balaban J connectivity index is 0.000000184. The van der Waals surface area contributed by atoms with Crippen LogP contribution in [0.1, 0.15) is 27.7 Å². The highest BCUT2D eigenvalue weighted by atomic mass is 16.6. The van der Waals surface area contributed by atoms with Crippen molar-refractivity contribution in [1.82, 2.24) is 9.80 Å². The van der Waals surface area contributed by atoms with E-state index in [9.17, 15) is 0 Å². The van der Waals surface area contributed by atoms with Gasteiger partial charge in [-0.05, 0) is 38.4 Å². The molecule has 0 radical (unpaired) electrons. The molecule has 4 aliphatic heterocycles. The molecular weight excluding hydrogens is 468 g/mol. The number of likely N-dealkylation sites (N-methyl/N-ethyl adjacent to an activating group) is 2. The third-order valence-electron chi connectivity index (χ3n) is 5.39. The summed E-state index contributed by atoms with van der Waals surface area (Å²) in [4.78, 5) is 4.55. The average molecular weight is 517 g/mol. The second-order valence-corrected chi connectivity index (χ2v) is 8.99. The van der Waals surface area contributed by atoms with Crippen molar-refractivity contribution in [3.05, 3.63) is 60.7 Å². The Kier molecular flexibility index (Phi) is 15.4. The minimum Gasteiger partial charge on any atom is -0.457 e. The van der Waals surface area contributed by atoms with Crippen LogP contribution in [0.25, 0.3) is 0 Å². The lowest BCUT2D eigenvalue weighted by molar-refractivity contribution is 0.256. The van der Waals surface area contributed by atoms with Gasteiger partial charge >= 0.3 is 0 Å². The molecule has 208 valence electrons. The maximum atomic E-state index is 5.58. The molecule has 0 aromatic heterocycles. The van der Waals surface area contributed by atoms with Gasteiger partial charge in [0.05, 0.1) is 50.8 Å². The van der Waals surface area contributed by atoms with Crippen molar-refractivity contribution < 1.29 is 23.7 Å². The third kappa shape index (κ3) is 16.5. The molecule has 4 saturated heterocycles. The first kappa shape index (κ1) is 31.2. The lowest BCUT2D eigenvalue weighted by Crippen LogP contribution is -2.27. The van der Waals surface area contributed by atoms with Crippen LogP contribution >= 0.6 is 0 Å². The van der Waals surface area contributed by atoms with E-state index in [1.54, 1.807) is 0 Å². The van der Waals surface area contributed by atoms with Gasteiger partial charge in [-0.2, -0.15) is 0 Å². The molecule has 0 bridgehead atoms. The van der Waals surface area contributed by atoms with E-state index >= 15 is 0 Å². The third-order valence-corrected chi connectivity index (χ3v) is 5.39. The van der Waals surface area contributed by atoms with Crippen molar-refractivity contribution in [1.29, 1.82) is 0 Å². The minimum absolute atomic E-state index is 0.517. The quantitative estimate of drug-likeness (QED) is 0.414. The molecule has 4 unspecified atom stereocenters. The Hall–Kier alpha value is -2.00. The maximum Gasteiger partial charge on any atom is 0.127 e. The van der Waals surface area contributed by atoms with Crippen LogP contribution in [0.3, 0.4) is 0 Å². The Morgan fingerprint density at radius 3 is 1.00 bits per heavy atom. The van der Waals surface area contributed by atoms with Crippen molar-refractivity contribution in [2.24, 2.45) is 0 Å².